The van der Waals surface area contributed by atoms with Crippen LogP contribution in [0.15, 0.2) is 24.4 Å². The van der Waals surface area contributed by atoms with Crippen molar-refractivity contribution in [3.8, 4) is 0 Å². The van der Waals surface area contributed by atoms with E-state index in [9.17, 15) is 0 Å². The Morgan fingerprint density at radius 1 is 1.31 bits per heavy atom. The zero-order chi connectivity index (χ0) is 11.4. The molecule has 2 heterocycles. The summed E-state index contributed by atoms with van der Waals surface area (Å²) in [6, 6.07) is 6.00. The van der Waals surface area contributed by atoms with Gasteiger partial charge in [0.05, 0.1) is 5.84 Å². The van der Waals surface area contributed by atoms with E-state index in [0.717, 1.165) is 44.3 Å². The lowest BCUT2D eigenvalue weighted by molar-refractivity contribution is 0.376. The first-order valence-corrected chi connectivity index (χ1v) is 5.79. The van der Waals surface area contributed by atoms with Gasteiger partial charge in [-0.05, 0) is 12.1 Å². The van der Waals surface area contributed by atoms with Gasteiger partial charge in [0.15, 0.2) is 0 Å². The number of aromatic nitrogens is 1. The molecule has 0 bridgehead atoms. The Morgan fingerprint density at radius 2 is 2.06 bits per heavy atom. The normalized spacial score (nSPS) is 16.3. The Bertz CT molecular complexity index is 341. The Kier molecular flexibility index (Phi) is 3.39. The van der Waals surface area contributed by atoms with Crippen molar-refractivity contribution in [1.82, 2.24) is 9.88 Å². The van der Waals surface area contributed by atoms with Crippen LogP contribution in [0.3, 0.4) is 0 Å². The Labute approximate surface area is 96.4 Å². The molecule has 1 aromatic heterocycles. The van der Waals surface area contributed by atoms with Crippen LogP contribution in [0.25, 0.3) is 0 Å². The van der Waals surface area contributed by atoms with Crippen molar-refractivity contribution in [3.05, 3.63) is 24.4 Å². The number of hydrogen-bond acceptors (Lipinski definition) is 3. The van der Waals surface area contributed by atoms with Gasteiger partial charge in [0.1, 0.15) is 5.82 Å². The number of anilines is 1. The molecule has 0 amide bonds. The van der Waals surface area contributed by atoms with Gasteiger partial charge in [-0.1, -0.05) is 13.0 Å². The molecule has 2 rings (SSSR count). The minimum absolute atomic E-state index is 0.751. The highest BCUT2D eigenvalue weighted by atomic mass is 15.3. The maximum absolute atomic E-state index is 7.79. The average Bonchev–Trinajstić information content (AvgIpc) is 2.39. The smallest absolute Gasteiger partial charge is 0.128 e. The van der Waals surface area contributed by atoms with Gasteiger partial charge in [-0.25, -0.2) is 4.98 Å². The van der Waals surface area contributed by atoms with Gasteiger partial charge in [0.2, 0.25) is 0 Å². The van der Waals surface area contributed by atoms with Crippen molar-refractivity contribution < 1.29 is 0 Å². The molecular weight excluding hydrogens is 200 g/mol. The number of rotatable bonds is 2. The van der Waals surface area contributed by atoms with E-state index in [1.54, 1.807) is 0 Å². The van der Waals surface area contributed by atoms with Gasteiger partial charge in [0, 0.05) is 38.8 Å². The van der Waals surface area contributed by atoms with Gasteiger partial charge in [-0.15, -0.1) is 0 Å². The summed E-state index contributed by atoms with van der Waals surface area (Å²) in [6.07, 6.45) is 2.65. The molecule has 1 aromatic rings. The fourth-order valence-corrected chi connectivity index (χ4v) is 1.97. The Hall–Kier alpha value is -1.58. The highest BCUT2D eigenvalue weighted by Gasteiger charge is 2.18. The first kappa shape index (κ1) is 10.9. The molecule has 0 radical (unpaired) electrons. The maximum Gasteiger partial charge on any atom is 0.128 e. The van der Waals surface area contributed by atoms with Gasteiger partial charge in [-0.3, -0.25) is 5.41 Å². The molecule has 1 fully saturated rings. The molecule has 16 heavy (non-hydrogen) atoms. The predicted octanol–water partition coefficient (Wildman–Crippen LogP) is 1.59. The standard InChI is InChI=1S/C12H18N4/c1-2-11(13)15-7-9-16(10-8-15)12-5-3-4-6-14-12/h3-6,13H,2,7-10H2,1H3. The molecule has 4 nitrogen and oxygen atoms in total. The maximum atomic E-state index is 7.79. The zero-order valence-electron chi connectivity index (χ0n) is 9.69. The van der Waals surface area contributed by atoms with E-state index < -0.39 is 0 Å². The third-order valence-corrected chi connectivity index (χ3v) is 2.97. The molecule has 0 atom stereocenters. The van der Waals surface area contributed by atoms with Crippen LogP contribution in [-0.2, 0) is 0 Å². The molecule has 0 aliphatic carbocycles. The molecule has 1 aliphatic heterocycles. The highest BCUT2D eigenvalue weighted by molar-refractivity contribution is 5.79. The van der Waals surface area contributed by atoms with E-state index in [1.807, 2.05) is 31.3 Å². The van der Waals surface area contributed by atoms with Crippen LogP contribution < -0.4 is 4.90 Å². The van der Waals surface area contributed by atoms with Crippen LogP contribution in [0.2, 0.25) is 0 Å². The van der Waals surface area contributed by atoms with Crippen LogP contribution in [0.5, 0.6) is 0 Å². The second-order valence-corrected chi connectivity index (χ2v) is 3.96. The minimum atomic E-state index is 0.751. The van der Waals surface area contributed by atoms with Crippen LogP contribution in [0.1, 0.15) is 13.3 Å². The van der Waals surface area contributed by atoms with Gasteiger partial charge >= 0.3 is 0 Å². The number of amidine groups is 1. The Balaban J connectivity index is 1.93. The number of nitrogens with zero attached hydrogens (tertiary/aromatic N) is 3. The second kappa shape index (κ2) is 4.96. The van der Waals surface area contributed by atoms with E-state index in [0.29, 0.717) is 0 Å². The summed E-state index contributed by atoms with van der Waals surface area (Å²) in [5.41, 5.74) is 0. The number of pyridine rings is 1. The van der Waals surface area contributed by atoms with Gasteiger partial charge in [-0.2, -0.15) is 0 Å². The predicted molar refractivity (Wildman–Crippen MR) is 66.0 cm³/mol. The molecule has 0 unspecified atom stereocenters. The average molecular weight is 218 g/mol. The van der Waals surface area contributed by atoms with Crippen molar-refractivity contribution in [1.29, 1.82) is 5.41 Å². The second-order valence-electron chi connectivity index (χ2n) is 3.96. The van der Waals surface area contributed by atoms with Crippen molar-refractivity contribution in [2.75, 3.05) is 31.1 Å². The van der Waals surface area contributed by atoms with Crippen molar-refractivity contribution in [2.45, 2.75) is 13.3 Å². The van der Waals surface area contributed by atoms with Crippen LogP contribution >= 0.6 is 0 Å². The van der Waals surface area contributed by atoms with E-state index in [4.69, 9.17) is 5.41 Å². The van der Waals surface area contributed by atoms with Crippen LogP contribution in [0, 0.1) is 5.41 Å². The molecule has 1 saturated heterocycles. The molecule has 4 heteroatoms. The number of nitrogens with one attached hydrogen (secondary N) is 1. The van der Waals surface area contributed by atoms with E-state index >= 15 is 0 Å². The third kappa shape index (κ3) is 2.32. The van der Waals surface area contributed by atoms with Crippen LogP contribution in [0.4, 0.5) is 5.82 Å². The summed E-state index contributed by atoms with van der Waals surface area (Å²) in [4.78, 5) is 8.78. The molecule has 86 valence electrons. The number of hydrogen-bond donors (Lipinski definition) is 1. The SMILES string of the molecule is CCC(=N)N1CCN(c2ccccn2)CC1. The molecular formula is C12H18N4. The third-order valence-electron chi connectivity index (χ3n) is 2.97. The lowest BCUT2D eigenvalue weighted by atomic mass is 10.2. The molecule has 0 spiro atoms. The van der Waals surface area contributed by atoms with Crippen LogP contribution in [-0.4, -0.2) is 41.9 Å². The highest BCUT2D eigenvalue weighted by Crippen LogP contribution is 2.12. The van der Waals surface area contributed by atoms with Crippen molar-refractivity contribution >= 4 is 11.7 Å². The fourth-order valence-electron chi connectivity index (χ4n) is 1.97. The summed E-state index contributed by atoms with van der Waals surface area (Å²) in [5, 5.41) is 7.79. The monoisotopic (exact) mass is 218 g/mol. The molecule has 1 N–H and O–H groups in total. The fraction of sp³-hybridized carbons (Fsp3) is 0.500. The van der Waals surface area contributed by atoms with Crippen molar-refractivity contribution in [3.63, 3.8) is 0 Å². The first-order chi connectivity index (χ1) is 7.81. The molecule has 0 aromatic carbocycles. The van der Waals surface area contributed by atoms with Crippen molar-refractivity contribution in [2.24, 2.45) is 0 Å². The number of piperazine rings is 1. The Morgan fingerprint density at radius 3 is 2.62 bits per heavy atom. The minimum Gasteiger partial charge on any atom is -0.357 e. The first-order valence-electron chi connectivity index (χ1n) is 5.79. The molecule has 0 saturated carbocycles. The summed E-state index contributed by atoms with van der Waals surface area (Å²) in [5.74, 6) is 1.80. The lowest BCUT2D eigenvalue weighted by Gasteiger charge is -2.36. The largest absolute Gasteiger partial charge is 0.357 e. The van der Waals surface area contributed by atoms with Gasteiger partial charge < -0.3 is 9.80 Å². The molecule has 1 aliphatic rings. The summed E-state index contributed by atoms with van der Waals surface area (Å²) < 4.78 is 0. The summed E-state index contributed by atoms with van der Waals surface area (Å²) in [6.45, 7) is 5.82. The van der Waals surface area contributed by atoms with E-state index in [-0.39, 0.29) is 0 Å². The summed E-state index contributed by atoms with van der Waals surface area (Å²) in [7, 11) is 0. The zero-order valence-corrected chi connectivity index (χ0v) is 9.69. The lowest BCUT2D eigenvalue weighted by Crippen LogP contribution is -2.48. The van der Waals surface area contributed by atoms with Gasteiger partial charge in [0.25, 0.3) is 0 Å². The quantitative estimate of drug-likeness (QED) is 0.605. The van der Waals surface area contributed by atoms with E-state index in [1.165, 1.54) is 0 Å². The topological polar surface area (TPSA) is 43.2 Å². The van der Waals surface area contributed by atoms with E-state index in [2.05, 4.69) is 14.8 Å². The summed E-state index contributed by atoms with van der Waals surface area (Å²) >= 11 is 0.